The van der Waals surface area contributed by atoms with E-state index in [9.17, 15) is 9.59 Å². The molecule has 134 valence electrons. The number of nitrogens with one attached hydrogen (secondary N) is 1. The molecule has 1 amide bonds. The fourth-order valence-electron chi connectivity index (χ4n) is 1.82. The van der Waals surface area contributed by atoms with Gasteiger partial charge in [-0.15, -0.1) is 5.10 Å². The first-order chi connectivity index (χ1) is 12.0. The summed E-state index contributed by atoms with van der Waals surface area (Å²) in [6, 6.07) is 3.23. The molecule has 1 aliphatic rings. The lowest BCUT2D eigenvalue weighted by Gasteiger charge is -2.12. The Morgan fingerprint density at radius 3 is 2.92 bits per heavy atom. The zero-order valence-corrected chi connectivity index (χ0v) is 15.1. The molecule has 1 saturated heterocycles. The molecule has 25 heavy (non-hydrogen) atoms. The lowest BCUT2D eigenvalue weighted by atomic mass is 10.2. The number of benzene rings is 1. The number of halogens is 1. The van der Waals surface area contributed by atoms with Gasteiger partial charge in [0.1, 0.15) is 0 Å². The maximum absolute atomic E-state index is 11.4. The van der Waals surface area contributed by atoms with Crippen LogP contribution in [0.2, 0.25) is 5.02 Å². The Hall–Kier alpha value is -2.26. The Balaban J connectivity index is 2.09. The van der Waals surface area contributed by atoms with Crippen molar-refractivity contribution in [2.45, 2.75) is 6.92 Å². The van der Waals surface area contributed by atoms with Gasteiger partial charge in [-0.1, -0.05) is 23.4 Å². The van der Waals surface area contributed by atoms with E-state index in [1.807, 2.05) is 0 Å². The molecule has 1 N–H and O–H groups in total. The molecule has 10 heteroatoms. The first-order valence-corrected chi connectivity index (χ1v) is 8.59. The van der Waals surface area contributed by atoms with Gasteiger partial charge < -0.3 is 19.5 Å². The number of esters is 1. The first-order valence-electron chi connectivity index (χ1n) is 7.23. The van der Waals surface area contributed by atoms with Crippen molar-refractivity contribution in [3.05, 3.63) is 22.7 Å². The molecule has 0 saturated carbocycles. The van der Waals surface area contributed by atoms with Crippen LogP contribution >= 0.6 is 23.4 Å². The van der Waals surface area contributed by atoms with E-state index in [1.54, 1.807) is 19.1 Å². The highest BCUT2D eigenvalue weighted by Gasteiger charge is 2.16. The molecule has 2 rings (SSSR count). The van der Waals surface area contributed by atoms with Crippen LogP contribution in [0.1, 0.15) is 12.5 Å². The van der Waals surface area contributed by atoms with Gasteiger partial charge in [0.05, 0.1) is 30.7 Å². The van der Waals surface area contributed by atoms with Crippen molar-refractivity contribution in [2.75, 3.05) is 26.1 Å². The molecular formula is C15H16ClN3O5S. The summed E-state index contributed by atoms with van der Waals surface area (Å²) < 4.78 is 15.4. The van der Waals surface area contributed by atoms with Crippen molar-refractivity contribution in [3.8, 4) is 11.5 Å². The predicted octanol–water partition coefficient (Wildman–Crippen LogP) is 1.84. The third kappa shape index (κ3) is 5.64. The van der Waals surface area contributed by atoms with Gasteiger partial charge in [-0.25, -0.2) is 4.79 Å². The minimum absolute atomic E-state index is 0.105. The van der Waals surface area contributed by atoms with Gasteiger partial charge in [0.15, 0.2) is 23.3 Å². The van der Waals surface area contributed by atoms with Gasteiger partial charge in [-0.3, -0.25) is 4.79 Å². The van der Waals surface area contributed by atoms with E-state index in [1.165, 1.54) is 25.1 Å². The predicted molar refractivity (Wildman–Crippen MR) is 95.8 cm³/mol. The van der Waals surface area contributed by atoms with E-state index in [0.29, 0.717) is 22.2 Å². The van der Waals surface area contributed by atoms with Gasteiger partial charge in [-0.05, 0) is 19.1 Å². The number of nitrogens with zero attached hydrogens (tertiary/aromatic N) is 2. The van der Waals surface area contributed by atoms with Crippen molar-refractivity contribution in [1.82, 2.24) is 5.32 Å². The molecular weight excluding hydrogens is 370 g/mol. The van der Waals surface area contributed by atoms with Crippen molar-refractivity contribution in [2.24, 2.45) is 10.2 Å². The van der Waals surface area contributed by atoms with Gasteiger partial charge in [0.25, 0.3) is 0 Å². The molecule has 0 aliphatic carbocycles. The number of amidine groups is 1. The summed E-state index contributed by atoms with van der Waals surface area (Å²) in [5, 5.41) is 11.1. The van der Waals surface area contributed by atoms with Crippen LogP contribution in [0.4, 0.5) is 0 Å². The number of rotatable bonds is 7. The van der Waals surface area contributed by atoms with Crippen LogP contribution in [0.25, 0.3) is 0 Å². The normalized spacial score (nSPS) is 15.5. The molecule has 0 radical (unpaired) electrons. The second-order valence-electron chi connectivity index (χ2n) is 4.61. The van der Waals surface area contributed by atoms with Crippen LogP contribution in [-0.2, 0) is 14.3 Å². The quantitative estimate of drug-likeness (QED) is 0.437. The first kappa shape index (κ1) is 19.1. The molecule has 0 aromatic heterocycles. The van der Waals surface area contributed by atoms with Crippen LogP contribution in [0.15, 0.2) is 22.3 Å². The van der Waals surface area contributed by atoms with E-state index < -0.39 is 5.97 Å². The van der Waals surface area contributed by atoms with E-state index in [-0.39, 0.29) is 29.9 Å². The van der Waals surface area contributed by atoms with E-state index >= 15 is 0 Å². The molecule has 8 nitrogen and oxygen atoms in total. The summed E-state index contributed by atoms with van der Waals surface area (Å²) in [7, 11) is 1.45. The molecule has 1 aromatic carbocycles. The third-order valence-corrected chi connectivity index (χ3v) is 3.98. The molecule has 0 bridgehead atoms. The number of carbonyl (C=O) groups is 2. The molecule has 1 fully saturated rings. The Morgan fingerprint density at radius 2 is 2.28 bits per heavy atom. The number of methoxy groups -OCH3 is 1. The van der Waals surface area contributed by atoms with Crippen LogP contribution in [0, 0.1) is 0 Å². The highest BCUT2D eigenvalue weighted by molar-refractivity contribution is 8.15. The van der Waals surface area contributed by atoms with Crippen molar-refractivity contribution < 1.29 is 23.8 Å². The summed E-state index contributed by atoms with van der Waals surface area (Å²) in [6.07, 6.45) is 1.46. The molecule has 1 aliphatic heterocycles. The Kier molecular flexibility index (Phi) is 7.08. The summed E-state index contributed by atoms with van der Waals surface area (Å²) in [5.74, 6) is 0.305. The van der Waals surface area contributed by atoms with Gasteiger partial charge >= 0.3 is 5.97 Å². The van der Waals surface area contributed by atoms with Gasteiger partial charge in [0, 0.05) is 5.56 Å². The number of carbonyl (C=O) groups excluding carboxylic acids is 2. The second kappa shape index (κ2) is 9.28. The minimum Gasteiger partial charge on any atom is -0.493 e. The number of hydrogen-bond acceptors (Lipinski definition) is 8. The van der Waals surface area contributed by atoms with Crippen molar-refractivity contribution >= 4 is 46.6 Å². The molecule has 0 spiro atoms. The fourth-order valence-corrected chi connectivity index (χ4v) is 2.72. The molecule has 1 heterocycles. The van der Waals surface area contributed by atoms with Crippen LogP contribution in [-0.4, -0.2) is 49.3 Å². The maximum atomic E-state index is 11.4. The van der Waals surface area contributed by atoms with Crippen LogP contribution in [0.3, 0.4) is 0 Å². The lowest BCUT2D eigenvalue weighted by molar-refractivity contribution is -0.145. The number of amides is 1. The maximum Gasteiger partial charge on any atom is 0.344 e. The highest BCUT2D eigenvalue weighted by atomic mass is 35.5. The smallest absolute Gasteiger partial charge is 0.344 e. The summed E-state index contributed by atoms with van der Waals surface area (Å²) in [6.45, 7) is 1.70. The lowest BCUT2D eigenvalue weighted by Crippen LogP contribution is -2.19. The topological polar surface area (TPSA) is 98.6 Å². The van der Waals surface area contributed by atoms with Crippen molar-refractivity contribution in [3.63, 3.8) is 0 Å². The fraction of sp³-hybridized carbons (Fsp3) is 0.333. The summed E-state index contributed by atoms with van der Waals surface area (Å²) in [4.78, 5) is 22.4. The molecule has 0 atom stereocenters. The van der Waals surface area contributed by atoms with Gasteiger partial charge in [-0.2, -0.15) is 5.10 Å². The Labute approximate surface area is 153 Å². The van der Waals surface area contributed by atoms with Crippen molar-refractivity contribution in [1.29, 1.82) is 0 Å². The Bertz CT molecular complexity index is 723. The monoisotopic (exact) mass is 385 g/mol. The zero-order valence-electron chi connectivity index (χ0n) is 13.6. The van der Waals surface area contributed by atoms with Crippen LogP contribution < -0.4 is 14.8 Å². The molecule has 1 aromatic rings. The summed E-state index contributed by atoms with van der Waals surface area (Å²) in [5.41, 5.74) is 0.615. The van der Waals surface area contributed by atoms with E-state index in [2.05, 4.69) is 15.5 Å². The second-order valence-corrected chi connectivity index (χ2v) is 5.99. The number of hydrogen-bond donors (Lipinski definition) is 1. The zero-order chi connectivity index (χ0) is 18.2. The largest absolute Gasteiger partial charge is 0.493 e. The molecule has 0 unspecified atom stereocenters. The van der Waals surface area contributed by atoms with E-state index in [4.69, 9.17) is 25.8 Å². The van der Waals surface area contributed by atoms with E-state index in [0.717, 1.165) is 0 Å². The average molecular weight is 386 g/mol. The number of thioether (sulfide) groups is 1. The van der Waals surface area contributed by atoms with Crippen LogP contribution in [0.5, 0.6) is 11.5 Å². The minimum atomic E-state index is -0.502. The summed E-state index contributed by atoms with van der Waals surface area (Å²) >= 11 is 7.46. The Morgan fingerprint density at radius 1 is 1.48 bits per heavy atom. The highest BCUT2D eigenvalue weighted by Crippen LogP contribution is 2.36. The standard InChI is InChI=1S/C15H16ClN3O5S/c1-3-23-13(21)7-24-14-10(16)4-9(5-11(14)22-2)6-17-19-15-18-12(20)8-25-15/h4-6H,3,7-8H2,1-2H3,(H,18,19,20). The third-order valence-electron chi connectivity index (χ3n) is 2.83. The average Bonchev–Trinajstić information content (AvgIpc) is 2.99. The number of ether oxygens (including phenoxy) is 3. The SMILES string of the molecule is CCOC(=O)COc1c(Cl)cc(C=NN=C2NC(=O)CS2)cc1OC. The van der Waals surface area contributed by atoms with Gasteiger partial charge in [0.2, 0.25) is 5.91 Å².